The van der Waals surface area contributed by atoms with Crippen molar-refractivity contribution in [3.63, 3.8) is 0 Å². The molecule has 0 atom stereocenters. The second-order valence-corrected chi connectivity index (χ2v) is 4.28. The van der Waals surface area contributed by atoms with Crippen molar-refractivity contribution in [3.05, 3.63) is 42.0 Å². The van der Waals surface area contributed by atoms with Crippen LogP contribution in [-0.4, -0.2) is 21.5 Å². The largest absolute Gasteiger partial charge is 0.313 e. The van der Waals surface area contributed by atoms with Crippen molar-refractivity contribution >= 4 is 0 Å². The van der Waals surface area contributed by atoms with Gasteiger partial charge in [0.05, 0.1) is 0 Å². The van der Waals surface area contributed by atoms with E-state index in [2.05, 4.69) is 27.2 Å². The quantitative estimate of drug-likeness (QED) is 0.818. The second-order valence-electron chi connectivity index (χ2n) is 4.28. The molecule has 2 aromatic rings. The lowest BCUT2D eigenvalue weighted by molar-refractivity contribution is 0.672. The van der Waals surface area contributed by atoms with Gasteiger partial charge in [0.25, 0.3) is 0 Å². The molecule has 4 nitrogen and oxygen atoms in total. The fourth-order valence-electron chi connectivity index (χ4n) is 1.72. The molecule has 0 aliphatic heterocycles. The number of aryl methyl sites for hydroxylation is 1. The van der Waals surface area contributed by atoms with Gasteiger partial charge in [-0.25, -0.2) is 9.97 Å². The topological polar surface area (TPSA) is 50.7 Å². The van der Waals surface area contributed by atoms with Crippen LogP contribution in [0.25, 0.3) is 11.4 Å². The molecular formula is C14H18N4. The Kier molecular flexibility index (Phi) is 4.36. The van der Waals surface area contributed by atoms with Gasteiger partial charge in [0.1, 0.15) is 0 Å². The molecule has 0 saturated heterocycles. The van der Waals surface area contributed by atoms with E-state index in [0.29, 0.717) is 0 Å². The minimum Gasteiger partial charge on any atom is -0.313 e. The Morgan fingerprint density at radius 1 is 1.17 bits per heavy atom. The van der Waals surface area contributed by atoms with Crippen LogP contribution in [0.15, 0.2) is 30.9 Å². The Labute approximate surface area is 108 Å². The van der Waals surface area contributed by atoms with Gasteiger partial charge in [-0.15, -0.1) is 0 Å². The molecular weight excluding hydrogens is 224 g/mol. The van der Waals surface area contributed by atoms with Crippen molar-refractivity contribution in [1.82, 2.24) is 20.3 Å². The molecule has 0 saturated carbocycles. The van der Waals surface area contributed by atoms with Crippen LogP contribution in [0.5, 0.6) is 0 Å². The standard InChI is InChI=1S/C14H18N4/c1-3-5-15-8-12-9-17-14(18-10-12)13-4-6-16-7-11(13)2/h4,6-7,9-10,15H,3,5,8H2,1-2H3. The summed E-state index contributed by atoms with van der Waals surface area (Å²) < 4.78 is 0. The van der Waals surface area contributed by atoms with Crippen LogP contribution in [0.4, 0.5) is 0 Å². The second kappa shape index (κ2) is 6.21. The number of hydrogen-bond acceptors (Lipinski definition) is 4. The van der Waals surface area contributed by atoms with Crippen LogP contribution in [-0.2, 0) is 6.54 Å². The van der Waals surface area contributed by atoms with Crippen molar-refractivity contribution in [3.8, 4) is 11.4 Å². The monoisotopic (exact) mass is 242 g/mol. The summed E-state index contributed by atoms with van der Waals surface area (Å²) in [6, 6.07) is 1.94. The third-order valence-electron chi connectivity index (χ3n) is 2.72. The summed E-state index contributed by atoms with van der Waals surface area (Å²) in [4.78, 5) is 12.9. The third kappa shape index (κ3) is 3.11. The van der Waals surface area contributed by atoms with Crippen LogP contribution >= 0.6 is 0 Å². The summed E-state index contributed by atoms with van der Waals surface area (Å²) in [5.74, 6) is 0.758. The maximum Gasteiger partial charge on any atom is 0.159 e. The predicted molar refractivity (Wildman–Crippen MR) is 72.0 cm³/mol. The normalized spacial score (nSPS) is 10.6. The Morgan fingerprint density at radius 3 is 2.61 bits per heavy atom. The first kappa shape index (κ1) is 12.6. The highest BCUT2D eigenvalue weighted by atomic mass is 14.9. The first-order chi connectivity index (χ1) is 8.81. The van der Waals surface area contributed by atoms with E-state index in [0.717, 1.165) is 42.0 Å². The summed E-state index contributed by atoms with van der Waals surface area (Å²) in [5, 5.41) is 3.33. The Hall–Kier alpha value is -1.81. The molecule has 0 spiro atoms. The van der Waals surface area contributed by atoms with Crippen LogP contribution in [0.1, 0.15) is 24.5 Å². The summed E-state index contributed by atoms with van der Waals surface area (Å²) in [6.45, 7) is 6.01. The lowest BCUT2D eigenvalue weighted by Gasteiger charge is -2.05. The van der Waals surface area contributed by atoms with Crippen molar-refractivity contribution in [2.45, 2.75) is 26.8 Å². The van der Waals surface area contributed by atoms with Gasteiger partial charge in [0.2, 0.25) is 0 Å². The number of nitrogens with one attached hydrogen (secondary N) is 1. The molecule has 0 radical (unpaired) electrons. The molecule has 1 N–H and O–H groups in total. The van der Waals surface area contributed by atoms with E-state index in [1.165, 1.54) is 0 Å². The molecule has 2 heterocycles. The van der Waals surface area contributed by atoms with E-state index < -0.39 is 0 Å². The zero-order chi connectivity index (χ0) is 12.8. The van der Waals surface area contributed by atoms with E-state index >= 15 is 0 Å². The molecule has 0 aliphatic rings. The molecule has 0 fully saturated rings. The van der Waals surface area contributed by atoms with Gasteiger partial charge in [-0.2, -0.15) is 0 Å². The average molecular weight is 242 g/mol. The van der Waals surface area contributed by atoms with Gasteiger partial charge in [-0.3, -0.25) is 4.98 Å². The highest BCUT2D eigenvalue weighted by molar-refractivity contribution is 5.58. The maximum absolute atomic E-state index is 4.41. The number of hydrogen-bond donors (Lipinski definition) is 1. The van der Waals surface area contributed by atoms with Crippen LogP contribution in [0.3, 0.4) is 0 Å². The van der Waals surface area contributed by atoms with Crippen molar-refractivity contribution in [1.29, 1.82) is 0 Å². The zero-order valence-corrected chi connectivity index (χ0v) is 10.8. The van der Waals surface area contributed by atoms with Crippen molar-refractivity contribution in [2.75, 3.05) is 6.54 Å². The summed E-state index contributed by atoms with van der Waals surface area (Å²) in [7, 11) is 0. The van der Waals surface area contributed by atoms with Crippen LogP contribution in [0.2, 0.25) is 0 Å². The molecule has 2 aromatic heterocycles. The number of rotatable bonds is 5. The SMILES string of the molecule is CCCNCc1cnc(-c2ccncc2C)nc1. The third-order valence-corrected chi connectivity index (χ3v) is 2.72. The fourth-order valence-corrected chi connectivity index (χ4v) is 1.72. The minimum absolute atomic E-state index is 0.758. The highest BCUT2D eigenvalue weighted by Gasteiger charge is 2.04. The number of pyridine rings is 1. The van der Waals surface area contributed by atoms with Gasteiger partial charge in [-0.1, -0.05) is 6.92 Å². The van der Waals surface area contributed by atoms with Gasteiger partial charge >= 0.3 is 0 Å². The van der Waals surface area contributed by atoms with Crippen LogP contribution in [0, 0.1) is 6.92 Å². The first-order valence-electron chi connectivity index (χ1n) is 6.24. The zero-order valence-electron chi connectivity index (χ0n) is 10.8. The lowest BCUT2D eigenvalue weighted by Crippen LogP contribution is -2.14. The Balaban J connectivity index is 2.10. The molecule has 18 heavy (non-hydrogen) atoms. The minimum atomic E-state index is 0.758. The molecule has 0 aromatic carbocycles. The molecule has 0 aliphatic carbocycles. The lowest BCUT2D eigenvalue weighted by atomic mass is 10.1. The number of nitrogens with zero attached hydrogens (tertiary/aromatic N) is 3. The molecule has 94 valence electrons. The molecule has 4 heteroatoms. The van der Waals surface area contributed by atoms with E-state index in [4.69, 9.17) is 0 Å². The average Bonchev–Trinajstić information content (AvgIpc) is 2.41. The Bertz CT molecular complexity index is 493. The highest BCUT2D eigenvalue weighted by Crippen LogP contribution is 2.17. The smallest absolute Gasteiger partial charge is 0.159 e. The first-order valence-corrected chi connectivity index (χ1v) is 6.24. The molecule has 0 bridgehead atoms. The van der Waals surface area contributed by atoms with Crippen molar-refractivity contribution < 1.29 is 0 Å². The molecule has 0 unspecified atom stereocenters. The van der Waals surface area contributed by atoms with Gasteiger partial charge in [0, 0.05) is 42.5 Å². The van der Waals surface area contributed by atoms with E-state index in [-0.39, 0.29) is 0 Å². The molecule has 0 amide bonds. The summed E-state index contributed by atoms with van der Waals surface area (Å²) >= 11 is 0. The van der Waals surface area contributed by atoms with E-state index in [1.54, 1.807) is 6.20 Å². The van der Waals surface area contributed by atoms with E-state index in [1.807, 2.05) is 31.6 Å². The maximum atomic E-state index is 4.41. The van der Waals surface area contributed by atoms with E-state index in [9.17, 15) is 0 Å². The summed E-state index contributed by atoms with van der Waals surface area (Å²) in [6.07, 6.45) is 8.49. The Morgan fingerprint density at radius 2 is 1.94 bits per heavy atom. The van der Waals surface area contributed by atoms with Gasteiger partial charge < -0.3 is 5.32 Å². The number of aromatic nitrogens is 3. The van der Waals surface area contributed by atoms with Gasteiger partial charge in [-0.05, 0) is 31.5 Å². The molecule has 2 rings (SSSR count). The predicted octanol–water partition coefficient (Wildman–Crippen LogP) is 2.35. The van der Waals surface area contributed by atoms with Crippen molar-refractivity contribution in [2.24, 2.45) is 0 Å². The van der Waals surface area contributed by atoms with Gasteiger partial charge in [0.15, 0.2) is 5.82 Å². The summed E-state index contributed by atoms with van der Waals surface area (Å²) in [5.41, 5.74) is 3.24. The fraction of sp³-hybridized carbons (Fsp3) is 0.357. The van der Waals surface area contributed by atoms with Crippen LogP contribution < -0.4 is 5.32 Å².